The average molecular weight is 313 g/mol. The lowest BCUT2D eigenvalue weighted by Crippen LogP contribution is -2.18. The van der Waals surface area contributed by atoms with Crippen LogP contribution in [-0.2, 0) is 4.79 Å². The number of amides is 2. The van der Waals surface area contributed by atoms with Crippen molar-refractivity contribution >= 4 is 23.2 Å². The van der Waals surface area contributed by atoms with E-state index >= 15 is 0 Å². The highest BCUT2D eigenvalue weighted by molar-refractivity contribution is 6.04. The number of ether oxygens (including phenoxy) is 1. The highest BCUT2D eigenvalue weighted by Gasteiger charge is 2.12. The van der Waals surface area contributed by atoms with Crippen molar-refractivity contribution in [3.05, 3.63) is 48.3 Å². The van der Waals surface area contributed by atoms with Gasteiger partial charge >= 0.3 is 0 Å². The lowest BCUT2D eigenvalue weighted by atomic mass is 10.2. The third-order valence-electron chi connectivity index (χ3n) is 3.17. The molecule has 2 N–H and O–H groups in total. The molecule has 6 heteroatoms. The molecule has 0 aliphatic carbocycles. The molecule has 0 bridgehead atoms. The van der Waals surface area contributed by atoms with Gasteiger partial charge in [0.1, 0.15) is 5.75 Å². The van der Waals surface area contributed by atoms with Crippen LogP contribution < -0.4 is 15.4 Å². The van der Waals surface area contributed by atoms with Crippen molar-refractivity contribution in [2.75, 3.05) is 17.7 Å². The van der Waals surface area contributed by atoms with Gasteiger partial charge in [0.2, 0.25) is 5.91 Å². The van der Waals surface area contributed by atoms with Gasteiger partial charge in [-0.3, -0.25) is 14.6 Å². The normalized spacial score (nSPS) is 10.3. The quantitative estimate of drug-likeness (QED) is 0.889. The molecule has 0 atom stereocenters. The molecule has 2 aromatic rings. The fourth-order valence-electron chi connectivity index (χ4n) is 1.85. The summed E-state index contributed by atoms with van der Waals surface area (Å²) in [5, 5.41) is 5.55. The summed E-state index contributed by atoms with van der Waals surface area (Å²) >= 11 is 0. The molecule has 0 radical (unpaired) electrons. The van der Waals surface area contributed by atoms with Crippen LogP contribution in [0.15, 0.2) is 42.7 Å². The zero-order valence-electron chi connectivity index (χ0n) is 13.3. The number of carbonyl (C=O) groups excluding carboxylic acids is 2. The zero-order valence-corrected chi connectivity index (χ0v) is 13.3. The molecule has 0 saturated heterocycles. The van der Waals surface area contributed by atoms with Crippen molar-refractivity contribution in [2.24, 2.45) is 5.92 Å². The van der Waals surface area contributed by atoms with E-state index in [0.29, 0.717) is 22.7 Å². The standard InChI is InChI=1S/C17H19N3O3/c1-11(2)16(21)20-14-7-6-13(9-15(14)23-3)19-17(22)12-5-4-8-18-10-12/h4-11H,1-3H3,(H,19,22)(H,20,21). The molecule has 120 valence electrons. The molecule has 2 rings (SSSR count). The Bertz CT molecular complexity index is 699. The van der Waals surface area contributed by atoms with Gasteiger partial charge < -0.3 is 15.4 Å². The summed E-state index contributed by atoms with van der Waals surface area (Å²) in [4.78, 5) is 27.8. The number of carbonyl (C=O) groups is 2. The maximum absolute atomic E-state index is 12.1. The molecule has 6 nitrogen and oxygen atoms in total. The Morgan fingerprint density at radius 3 is 2.57 bits per heavy atom. The van der Waals surface area contributed by atoms with Crippen molar-refractivity contribution in [3.8, 4) is 5.75 Å². The summed E-state index contributed by atoms with van der Waals surface area (Å²) in [5.74, 6) is -0.0257. The third-order valence-corrected chi connectivity index (χ3v) is 3.17. The predicted octanol–water partition coefficient (Wildman–Crippen LogP) is 2.94. The molecular weight excluding hydrogens is 294 g/mol. The van der Waals surface area contributed by atoms with Crippen LogP contribution >= 0.6 is 0 Å². The first-order valence-electron chi connectivity index (χ1n) is 7.21. The molecule has 0 unspecified atom stereocenters. The maximum Gasteiger partial charge on any atom is 0.257 e. The third kappa shape index (κ3) is 4.29. The molecule has 0 spiro atoms. The minimum absolute atomic E-state index is 0.101. The molecule has 23 heavy (non-hydrogen) atoms. The van der Waals surface area contributed by atoms with E-state index < -0.39 is 0 Å². The van der Waals surface area contributed by atoms with Crippen molar-refractivity contribution in [3.63, 3.8) is 0 Å². The summed E-state index contributed by atoms with van der Waals surface area (Å²) in [6.45, 7) is 3.62. The molecule has 2 amide bonds. The van der Waals surface area contributed by atoms with Crippen LogP contribution in [0.3, 0.4) is 0 Å². The number of benzene rings is 1. The Hall–Kier alpha value is -2.89. The van der Waals surface area contributed by atoms with E-state index in [4.69, 9.17) is 4.74 Å². The van der Waals surface area contributed by atoms with Gasteiger partial charge in [-0.2, -0.15) is 0 Å². The van der Waals surface area contributed by atoms with Crippen LogP contribution in [0.25, 0.3) is 0 Å². The molecule has 1 aromatic carbocycles. The largest absolute Gasteiger partial charge is 0.494 e. The van der Waals surface area contributed by atoms with E-state index in [9.17, 15) is 9.59 Å². The van der Waals surface area contributed by atoms with Crippen molar-refractivity contribution < 1.29 is 14.3 Å². The van der Waals surface area contributed by atoms with E-state index in [-0.39, 0.29) is 17.7 Å². The van der Waals surface area contributed by atoms with Gasteiger partial charge in [0.15, 0.2) is 0 Å². The van der Waals surface area contributed by atoms with Crippen molar-refractivity contribution in [2.45, 2.75) is 13.8 Å². The second-order valence-electron chi connectivity index (χ2n) is 5.25. The molecule has 0 fully saturated rings. The minimum atomic E-state index is -0.265. The van der Waals surface area contributed by atoms with E-state index in [1.807, 2.05) is 13.8 Å². The summed E-state index contributed by atoms with van der Waals surface area (Å²) in [5.41, 5.74) is 1.59. The predicted molar refractivity (Wildman–Crippen MR) is 88.7 cm³/mol. The van der Waals surface area contributed by atoms with Crippen LogP contribution in [0, 0.1) is 5.92 Å². The van der Waals surface area contributed by atoms with Gasteiger partial charge in [-0.15, -0.1) is 0 Å². The Kier molecular flexibility index (Phi) is 5.30. The number of hydrogen-bond donors (Lipinski definition) is 2. The van der Waals surface area contributed by atoms with Gasteiger partial charge in [0.05, 0.1) is 18.4 Å². The number of methoxy groups -OCH3 is 1. The average Bonchev–Trinajstić information content (AvgIpc) is 2.56. The van der Waals surface area contributed by atoms with E-state index in [1.54, 1.807) is 36.5 Å². The number of aromatic nitrogens is 1. The topological polar surface area (TPSA) is 80.3 Å². The highest BCUT2D eigenvalue weighted by atomic mass is 16.5. The van der Waals surface area contributed by atoms with Gasteiger partial charge in [-0.1, -0.05) is 13.8 Å². The zero-order chi connectivity index (χ0) is 16.8. The van der Waals surface area contributed by atoms with E-state index in [2.05, 4.69) is 15.6 Å². The first-order chi connectivity index (χ1) is 11.0. The minimum Gasteiger partial charge on any atom is -0.494 e. The van der Waals surface area contributed by atoms with Crippen molar-refractivity contribution in [1.82, 2.24) is 4.98 Å². The van der Waals surface area contributed by atoms with Gasteiger partial charge in [-0.25, -0.2) is 0 Å². The summed E-state index contributed by atoms with van der Waals surface area (Å²) in [7, 11) is 1.51. The van der Waals surface area contributed by atoms with E-state index in [0.717, 1.165) is 0 Å². The Morgan fingerprint density at radius 1 is 1.17 bits per heavy atom. The smallest absolute Gasteiger partial charge is 0.257 e. The Labute approximate surface area is 134 Å². The van der Waals surface area contributed by atoms with Gasteiger partial charge in [0.25, 0.3) is 5.91 Å². The molecule has 1 heterocycles. The molecule has 0 aliphatic heterocycles. The maximum atomic E-state index is 12.1. The first-order valence-corrected chi connectivity index (χ1v) is 7.21. The second-order valence-corrected chi connectivity index (χ2v) is 5.25. The molecule has 1 aromatic heterocycles. The number of nitrogens with one attached hydrogen (secondary N) is 2. The Morgan fingerprint density at radius 2 is 1.96 bits per heavy atom. The van der Waals surface area contributed by atoms with Crippen LogP contribution in [0.5, 0.6) is 5.75 Å². The summed E-state index contributed by atoms with van der Waals surface area (Å²) in [6, 6.07) is 8.42. The lowest BCUT2D eigenvalue weighted by Gasteiger charge is -2.13. The second kappa shape index (κ2) is 7.40. The SMILES string of the molecule is COc1cc(NC(=O)c2cccnc2)ccc1NC(=O)C(C)C. The number of anilines is 2. The highest BCUT2D eigenvalue weighted by Crippen LogP contribution is 2.28. The number of pyridine rings is 1. The Balaban J connectivity index is 2.15. The van der Waals surface area contributed by atoms with Crippen LogP contribution in [0.1, 0.15) is 24.2 Å². The molecule has 0 saturated carbocycles. The van der Waals surface area contributed by atoms with E-state index in [1.165, 1.54) is 13.3 Å². The molecule has 0 aliphatic rings. The first kappa shape index (κ1) is 16.5. The fourth-order valence-corrected chi connectivity index (χ4v) is 1.85. The van der Waals surface area contributed by atoms with Gasteiger partial charge in [-0.05, 0) is 24.3 Å². The number of nitrogens with zero attached hydrogens (tertiary/aromatic N) is 1. The van der Waals surface area contributed by atoms with Crippen LogP contribution in [0.4, 0.5) is 11.4 Å². The summed E-state index contributed by atoms with van der Waals surface area (Å²) in [6.07, 6.45) is 3.09. The van der Waals surface area contributed by atoms with Crippen LogP contribution in [-0.4, -0.2) is 23.9 Å². The van der Waals surface area contributed by atoms with Crippen LogP contribution in [0.2, 0.25) is 0 Å². The van der Waals surface area contributed by atoms with Crippen molar-refractivity contribution in [1.29, 1.82) is 0 Å². The monoisotopic (exact) mass is 313 g/mol. The summed E-state index contributed by atoms with van der Waals surface area (Å²) < 4.78 is 5.28. The number of rotatable bonds is 5. The fraction of sp³-hybridized carbons (Fsp3) is 0.235. The number of hydrogen-bond acceptors (Lipinski definition) is 4. The lowest BCUT2D eigenvalue weighted by molar-refractivity contribution is -0.118. The van der Waals surface area contributed by atoms with Gasteiger partial charge in [0, 0.05) is 30.1 Å². The molecular formula is C17H19N3O3.